The summed E-state index contributed by atoms with van der Waals surface area (Å²) >= 11 is 5.97. The molecular weight excluding hydrogens is 338 g/mol. The van der Waals surface area contributed by atoms with E-state index >= 15 is 0 Å². The van der Waals surface area contributed by atoms with Gasteiger partial charge in [-0.05, 0) is 48.2 Å². The molecule has 0 aliphatic rings. The van der Waals surface area contributed by atoms with Crippen molar-refractivity contribution in [3.8, 4) is 11.5 Å². The molecule has 25 heavy (non-hydrogen) atoms. The van der Waals surface area contributed by atoms with Gasteiger partial charge in [-0.2, -0.15) is 0 Å². The molecule has 2 rings (SSSR count). The van der Waals surface area contributed by atoms with Crippen molar-refractivity contribution in [3.63, 3.8) is 0 Å². The van der Waals surface area contributed by atoms with E-state index in [1.807, 2.05) is 49.4 Å². The fraction of sp³-hybridized carbons (Fsp3) is 0.350. The predicted molar refractivity (Wildman–Crippen MR) is 101 cm³/mol. The number of hydrogen-bond donors (Lipinski definition) is 1. The van der Waals surface area contributed by atoms with Crippen molar-refractivity contribution in [2.75, 3.05) is 20.8 Å². The molecule has 0 aliphatic heterocycles. The van der Waals surface area contributed by atoms with E-state index in [0.717, 1.165) is 17.5 Å². The molecule has 2 aromatic carbocycles. The molecule has 5 heteroatoms. The first kappa shape index (κ1) is 19.1. The summed E-state index contributed by atoms with van der Waals surface area (Å²) < 4.78 is 10.5. The van der Waals surface area contributed by atoms with E-state index in [0.29, 0.717) is 29.5 Å². The van der Waals surface area contributed by atoms with Crippen molar-refractivity contribution in [2.45, 2.75) is 19.8 Å². The maximum Gasteiger partial charge on any atom is 0.223 e. The number of amides is 1. The molecule has 1 N–H and O–H groups in total. The van der Waals surface area contributed by atoms with Gasteiger partial charge in [0.1, 0.15) is 0 Å². The molecule has 1 atom stereocenters. The van der Waals surface area contributed by atoms with Crippen LogP contribution in [0.3, 0.4) is 0 Å². The number of carbonyl (C=O) groups excluding carboxylic acids is 1. The average Bonchev–Trinajstić information content (AvgIpc) is 2.61. The molecule has 0 heterocycles. The van der Waals surface area contributed by atoms with Gasteiger partial charge in [0.25, 0.3) is 0 Å². The molecule has 134 valence electrons. The Morgan fingerprint density at radius 2 is 1.84 bits per heavy atom. The third kappa shape index (κ3) is 5.68. The van der Waals surface area contributed by atoms with Gasteiger partial charge >= 0.3 is 0 Å². The number of carbonyl (C=O) groups is 1. The largest absolute Gasteiger partial charge is 0.493 e. The molecule has 2 aromatic rings. The van der Waals surface area contributed by atoms with Crippen LogP contribution in [0.1, 0.15) is 18.1 Å². The Kier molecular flexibility index (Phi) is 7.14. The first-order valence-electron chi connectivity index (χ1n) is 8.26. The fourth-order valence-electron chi connectivity index (χ4n) is 2.65. The summed E-state index contributed by atoms with van der Waals surface area (Å²) in [7, 11) is 3.21. The third-order valence-electron chi connectivity index (χ3n) is 4.04. The van der Waals surface area contributed by atoms with Crippen molar-refractivity contribution >= 4 is 17.5 Å². The molecule has 0 aliphatic carbocycles. The Balaban J connectivity index is 1.85. The summed E-state index contributed by atoms with van der Waals surface area (Å²) in [4.78, 5) is 12.3. The summed E-state index contributed by atoms with van der Waals surface area (Å²) in [5.41, 5.74) is 2.15. The highest BCUT2D eigenvalue weighted by atomic mass is 35.5. The van der Waals surface area contributed by atoms with Crippen molar-refractivity contribution in [1.82, 2.24) is 5.32 Å². The van der Waals surface area contributed by atoms with Gasteiger partial charge in [0.2, 0.25) is 5.91 Å². The van der Waals surface area contributed by atoms with Crippen molar-refractivity contribution < 1.29 is 14.3 Å². The normalized spacial score (nSPS) is 11.7. The minimum absolute atomic E-state index is 0.0387. The van der Waals surface area contributed by atoms with Gasteiger partial charge in [0.15, 0.2) is 11.5 Å². The molecule has 0 bridgehead atoms. The van der Waals surface area contributed by atoms with Crippen molar-refractivity contribution in [2.24, 2.45) is 5.92 Å². The highest BCUT2D eigenvalue weighted by Gasteiger charge is 2.14. The van der Waals surface area contributed by atoms with Crippen LogP contribution < -0.4 is 14.8 Å². The van der Waals surface area contributed by atoms with E-state index in [-0.39, 0.29) is 11.8 Å². The fourth-order valence-corrected chi connectivity index (χ4v) is 2.86. The van der Waals surface area contributed by atoms with Crippen LogP contribution in [-0.4, -0.2) is 26.7 Å². The first-order valence-corrected chi connectivity index (χ1v) is 8.64. The standard InChI is InChI=1S/C20H24ClNO3/c1-14(11-16-7-8-18(24-2)19(13-16)25-3)20(23)22-10-9-15-5-4-6-17(21)12-15/h4-8,12-14H,9-11H2,1-3H3,(H,22,23). The number of halogens is 1. The van der Waals surface area contributed by atoms with Crippen molar-refractivity contribution in [1.29, 1.82) is 0 Å². The van der Waals surface area contributed by atoms with E-state index in [1.165, 1.54) is 0 Å². The van der Waals surface area contributed by atoms with Gasteiger partial charge in [-0.15, -0.1) is 0 Å². The highest BCUT2D eigenvalue weighted by Crippen LogP contribution is 2.28. The topological polar surface area (TPSA) is 47.6 Å². The number of nitrogens with one attached hydrogen (secondary N) is 1. The molecule has 0 radical (unpaired) electrons. The van der Waals surface area contributed by atoms with Gasteiger partial charge in [-0.1, -0.05) is 36.7 Å². The number of hydrogen-bond acceptors (Lipinski definition) is 3. The number of benzene rings is 2. The van der Waals surface area contributed by atoms with Gasteiger partial charge < -0.3 is 14.8 Å². The Hall–Kier alpha value is -2.20. The molecule has 0 spiro atoms. The third-order valence-corrected chi connectivity index (χ3v) is 4.27. The second-order valence-corrected chi connectivity index (χ2v) is 6.40. The Labute approximate surface area is 154 Å². The quantitative estimate of drug-likeness (QED) is 0.775. The molecule has 0 aromatic heterocycles. The second-order valence-electron chi connectivity index (χ2n) is 5.97. The van der Waals surface area contributed by atoms with Crippen LogP contribution in [0.5, 0.6) is 11.5 Å². The summed E-state index contributed by atoms with van der Waals surface area (Å²) in [5.74, 6) is 1.27. The Bertz CT molecular complexity index is 718. The van der Waals surface area contributed by atoms with Crippen LogP contribution in [0.15, 0.2) is 42.5 Å². The van der Waals surface area contributed by atoms with E-state index in [4.69, 9.17) is 21.1 Å². The van der Waals surface area contributed by atoms with Gasteiger partial charge in [-0.3, -0.25) is 4.79 Å². The number of rotatable bonds is 8. The Morgan fingerprint density at radius 1 is 1.08 bits per heavy atom. The number of methoxy groups -OCH3 is 2. The van der Waals surface area contributed by atoms with Gasteiger partial charge in [0.05, 0.1) is 14.2 Å². The van der Waals surface area contributed by atoms with E-state index in [1.54, 1.807) is 14.2 Å². The van der Waals surface area contributed by atoms with Crippen LogP contribution in [0.2, 0.25) is 5.02 Å². The minimum Gasteiger partial charge on any atom is -0.493 e. The van der Waals surface area contributed by atoms with Crippen molar-refractivity contribution in [3.05, 3.63) is 58.6 Å². The van der Waals surface area contributed by atoms with E-state index in [9.17, 15) is 4.79 Å². The van der Waals surface area contributed by atoms with Crippen LogP contribution in [0.25, 0.3) is 0 Å². The van der Waals surface area contributed by atoms with E-state index in [2.05, 4.69) is 5.32 Å². The maximum absolute atomic E-state index is 12.3. The molecule has 0 saturated carbocycles. The highest BCUT2D eigenvalue weighted by molar-refractivity contribution is 6.30. The average molecular weight is 362 g/mol. The minimum atomic E-state index is -0.127. The molecule has 0 fully saturated rings. The summed E-state index contributed by atoms with van der Waals surface area (Å²) in [5, 5.41) is 3.70. The van der Waals surface area contributed by atoms with Crippen LogP contribution in [0, 0.1) is 5.92 Å². The Morgan fingerprint density at radius 3 is 2.52 bits per heavy atom. The second kappa shape index (κ2) is 9.33. The van der Waals surface area contributed by atoms with Crippen LogP contribution in [0.4, 0.5) is 0 Å². The lowest BCUT2D eigenvalue weighted by atomic mass is 10.00. The first-order chi connectivity index (χ1) is 12.0. The zero-order valence-electron chi connectivity index (χ0n) is 14.8. The van der Waals surface area contributed by atoms with Crippen LogP contribution >= 0.6 is 11.6 Å². The van der Waals surface area contributed by atoms with E-state index < -0.39 is 0 Å². The lowest BCUT2D eigenvalue weighted by molar-refractivity contribution is -0.124. The SMILES string of the molecule is COc1ccc(CC(C)C(=O)NCCc2cccc(Cl)c2)cc1OC. The summed E-state index contributed by atoms with van der Waals surface area (Å²) in [6, 6.07) is 13.4. The van der Waals surface area contributed by atoms with Gasteiger partial charge in [0, 0.05) is 17.5 Å². The lowest BCUT2D eigenvalue weighted by Crippen LogP contribution is -2.31. The van der Waals surface area contributed by atoms with Crippen LogP contribution in [-0.2, 0) is 17.6 Å². The molecule has 0 saturated heterocycles. The zero-order valence-corrected chi connectivity index (χ0v) is 15.6. The molecular formula is C20H24ClNO3. The number of ether oxygens (including phenoxy) is 2. The predicted octanol–water partition coefficient (Wildman–Crippen LogP) is 3.89. The monoisotopic (exact) mass is 361 g/mol. The molecule has 1 unspecified atom stereocenters. The smallest absolute Gasteiger partial charge is 0.223 e. The zero-order chi connectivity index (χ0) is 18.2. The summed E-state index contributed by atoms with van der Waals surface area (Å²) in [6.07, 6.45) is 1.40. The maximum atomic E-state index is 12.3. The molecule has 1 amide bonds. The summed E-state index contributed by atoms with van der Waals surface area (Å²) in [6.45, 7) is 2.51. The molecule has 4 nitrogen and oxygen atoms in total. The lowest BCUT2D eigenvalue weighted by Gasteiger charge is -2.14. The van der Waals surface area contributed by atoms with Gasteiger partial charge in [-0.25, -0.2) is 0 Å².